The van der Waals surface area contributed by atoms with Crippen molar-refractivity contribution in [3.8, 4) is 0 Å². The Bertz CT molecular complexity index is 662. The lowest BCUT2D eigenvalue weighted by Crippen LogP contribution is -2.27. The fourth-order valence-corrected chi connectivity index (χ4v) is 2.94. The molecule has 0 unspecified atom stereocenters. The van der Waals surface area contributed by atoms with Gasteiger partial charge in [-0.15, -0.1) is 0 Å². The molecule has 1 aliphatic rings. The van der Waals surface area contributed by atoms with Crippen molar-refractivity contribution in [3.05, 3.63) is 29.6 Å². The van der Waals surface area contributed by atoms with E-state index in [0.29, 0.717) is 6.42 Å². The number of carboxylic acids is 1. The first-order valence-corrected chi connectivity index (χ1v) is 7.07. The van der Waals surface area contributed by atoms with Crippen molar-refractivity contribution in [1.82, 2.24) is 4.72 Å². The van der Waals surface area contributed by atoms with Gasteiger partial charge in [-0.3, -0.25) is 4.79 Å². The predicted molar refractivity (Wildman–Crippen MR) is 60.7 cm³/mol. The number of sulfonamides is 1. The van der Waals surface area contributed by atoms with E-state index in [9.17, 15) is 26.4 Å². The number of benzene rings is 1. The minimum Gasteiger partial charge on any atom is -0.481 e. The van der Waals surface area contributed by atoms with Gasteiger partial charge in [0.05, 0.1) is 5.92 Å². The van der Waals surface area contributed by atoms with Crippen molar-refractivity contribution in [2.24, 2.45) is 11.8 Å². The number of carbonyl (C=O) groups is 1. The van der Waals surface area contributed by atoms with E-state index in [-0.39, 0.29) is 24.6 Å². The Kier molecular flexibility index (Phi) is 3.74. The Labute approximate surface area is 112 Å². The molecule has 0 spiro atoms. The molecule has 0 saturated heterocycles. The number of nitrogens with one attached hydrogen (secondary N) is 1. The number of rotatable bonds is 5. The van der Waals surface area contributed by atoms with Crippen molar-refractivity contribution in [2.45, 2.75) is 11.3 Å². The minimum atomic E-state index is -4.36. The maximum absolute atomic E-state index is 13.4. The highest BCUT2D eigenvalue weighted by atomic mass is 32.2. The van der Waals surface area contributed by atoms with Gasteiger partial charge in [0.15, 0.2) is 11.6 Å². The van der Waals surface area contributed by atoms with Crippen molar-refractivity contribution in [2.75, 3.05) is 6.54 Å². The maximum Gasteiger partial charge on any atom is 0.306 e. The molecular formula is C11H10F3NO4S. The van der Waals surface area contributed by atoms with Crippen LogP contribution < -0.4 is 4.72 Å². The predicted octanol–water partition coefficient (Wildman–Crippen LogP) is 1.10. The van der Waals surface area contributed by atoms with Crippen LogP contribution in [-0.2, 0) is 14.8 Å². The molecule has 0 bridgehead atoms. The Morgan fingerprint density at radius 1 is 1.25 bits per heavy atom. The van der Waals surface area contributed by atoms with Crippen molar-refractivity contribution in [3.63, 3.8) is 0 Å². The highest BCUT2D eigenvalue weighted by Crippen LogP contribution is 2.38. The summed E-state index contributed by atoms with van der Waals surface area (Å²) in [4.78, 5) is 9.56. The minimum absolute atomic E-state index is 0.140. The summed E-state index contributed by atoms with van der Waals surface area (Å²) in [6.07, 6.45) is 0.318. The van der Waals surface area contributed by atoms with Crippen LogP contribution in [0.15, 0.2) is 17.0 Å². The summed E-state index contributed by atoms with van der Waals surface area (Å²) in [6, 6.07) is 0.385. The molecule has 9 heteroatoms. The number of carboxylic acid groups (broad SMARTS) is 1. The molecule has 1 saturated carbocycles. The van der Waals surface area contributed by atoms with Crippen LogP contribution in [0, 0.1) is 29.3 Å². The number of aliphatic carboxylic acids is 1. The van der Waals surface area contributed by atoms with Gasteiger partial charge in [-0.1, -0.05) is 0 Å². The van der Waals surface area contributed by atoms with Gasteiger partial charge < -0.3 is 5.11 Å². The molecule has 1 fully saturated rings. The van der Waals surface area contributed by atoms with Gasteiger partial charge in [0.1, 0.15) is 10.7 Å². The van der Waals surface area contributed by atoms with Crippen molar-refractivity contribution >= 4 is 16.0 Å². The molecule has 2 atom stereocenters. The van der Waals surface area contributed by atoms with Crippen LogP contribution >= 0.6 is 0 Å². The quantitative estimate of drug-likeness (QED) is 0.798. The number of hydrogen-bond acceptors (Lipinski definition) is 3. The molecule has 5 nitrogen and oxygen atoms in total. The lowest BCUT2D eigenvalue weighted by atomic mass is 10.3. The second kappa shape index (κ2) is 5.06. The first-order chi connectivity index (χ1) is 9.22. The zero-order valence-electron chi connectivity index (χ0n) is 9.94. The van der Waals surface area contributed by atoms with Crippen molar-refractivity contribution < 1.29 is 31.5 Å². The Balaban J connectivity index is 2.11. The number of hydrogen-bond donors (Lipinski definition) is 2. The summed E-state index contributed by atoms with van der Waals surface area (Å²) in [6.45, 7) is -0.197. The van der Waals surface area contributed by atoms with E-state index in [1.165, 1.54) is 0 Å². The van der Waals surface area contributed by atoms with E-state index in [1.807, 2.05) is 4.72 Å². The summed E-state index contributed by atoms with van der Waals surface area (Å²) in [7, 11) is -4.36. The third-order valence-corrected chi connectivity index (χ3v) is 4.48. The Hall–Kier alpha value is -1.61. The van der Waals surface area contributed by atoms with Crippen molar-refractivity contribution in [1.29, 1.82) is 0 Å². The van der Waals surface area contributed by atoms with Crippen LogP contribution in [0.3, 0.4) is 0 Å². The fourth-order valence-electron chi connectivity index (χ4n) is 1.78. The summed E-state index contributed by atoms with van der Waals surface area (Å²) >= 11 is 0. The lowest BCUT2D eigenvalue weighted by Gasteiger charge is -2.07. The van der Waals surface area contributed by atoms with Gasteiger partial charge in [-0.2, -0.15) is 0 Å². The highest BCUT2D eigenvalue weighted by molar-refractivity contribution is 7.89. The third kappa shape index (κ3) is 2.93. The zero-order valence-corrected chi connectivity index (χ0v) is 10.8. The van der Waals surface area contributed by atoms with Crippen LogP contribution in [0.4, 0.5) is 13.2 Å². The van der Waals surface area contributed by atoms with E-state index >= 15 is 0 Å². The Morgan fingerprint density at radius 3 is 2.40 bits per heavy atom. The summed E-state index contributed by atoms with van der Waals surface area (Å²) in [5, 5.41) is 8.65. The average molecular weight is 309 g/mol. The van der Waals surface area contributed by atoms with E-state index in [2.05, 4.69) is 0 Å². The average Bonchev–Trinajstić information content (AvgIpc) is 3.11. The van der Waals surface area contributed by atoms with Crippen LogP contribution in [0.5, 0.6) is 0 Å². The molecule has 1 aromatic carbocycles. The van der Waals surface area contributed by atoms with Crippen LogP contribution in [0.1, 0.15) is 6.42 Å². The van der Waals surface area contributed by atoms with Gasteiger partial charge in [0.2, 0.25) is 10.0 Å². The topological polar surface area (TPSA) is 83.5 Å². The smallest absolute Gasteiger partial charge is 0.306 e. The SMILES string of the molecule is O=C(O)[C@@H]1C[C@H]1CNS(=O)(=O)c1cc(F)c(F)cc1F. The van der Waals surface area contributed by atoms with Gasteiger partial charge in [0.25, 0.3) is 0 Å². The Morgan fingerprint density at radius 2 is 1.85 bits per heavy atom. The highest BCUT2D eigenvalue weighted by Gasteiger charge is 2.43. The van der Waals surface area contributed by atoms with Crippen LogP contribution in [-0.4, -0.2) is 26.0 Å². The molecule has 0 aliphatic heterocycles. The molecule has 1 aromatic rings. The first-order valence-electron chi connectivity index (χ1n) is 5.59. The molecule has 0 heterocycles. The van der Waals surface area contributed by atoms with Crippen LogP contribution in [0.2, 0.25) is 0 Å². The summed E-state index contributed by atoms with van der Waals surface area (Å²) in [5.41, 5.74) is 0. The van der Waals surface area contributed by atoms with Crippen LogP contribution in [0.25, 0.3) is 0 Å². The molecule has 2 rings (SSSR count). The molecule has 0 radical (unpaired) electrons. The molecule has 20 heavy (non-hydrogen) atoms. The van der Waals surface area contributed by atoms with E-state index < -0.39 is 44.3 Å². The van der Waals surface area contributed by atoms with Gasteiger partial charge >= 0.3 is 5.97 Å². The van der Waals surface area contributed by atoms with E-state index in [0.717, 1.165) is 0 Å². The monoisotopic (exact) mass is 309 g/mol. The second-order valence-corrected chi connectivity index (χ2v) is 6.22. The van der Waals surface area contributed by atoms with Gasteiger partial charge in [0, 0.05) is 12.6 Å². The van der Waals surface area contributed by atoms with E-state index in [1.54, 1.807) is 0 Å². The summed E-state index contributed by atoms with van der Waals surface area (Å²) < 4.78 is 64.5. The maximum atomic E-state index is 13.4. The zero-order chi connectivity index (χ0) is 15.1. The van der Waals surface area contributed by atoms with Gasteiger partial charge in [-0.05, 0) is 18.4 Å². The molecule has 110 valence electrons. The molecule has 0 aromatic heterocycles. The molecule has 2 N–H and O–H groups in total. The fraction of sp³-hybridized carbons (Fsp3) is 0.364. The first kappa shape index (κ1) is 14.8. The third-order valence-electron chi connectivity index (χ3n) is 3.04. The normalized spacial score (nSPS) is 21.8. The molecule has 0 amide bonds. The molecular weight excluding hydrogens is 299 g/mol. The lowest BCUT2D eigenvalue weighted by molar-refractivity contribution is -0.138. The largest absolute Gasteiger partial charge is 0.481 e. The standard InChI is InChI=1S/C11H10F3NO4S/c12-7-2-9(14)10(3-8(7)13)20(18,19)15-4-5-1-6(5)11(16)17/h2-3,5-6,15H,1,4H2,(H,16,17)/t5-,6+/m0/s1. The van der Waals surface area contributed by atoms with Gasteiger partial charge in [-0.25, -0.2) is 26.3 Å². The second-order valence-electron chi connectivity index (χ2n) is 4.49. The molecule has 1 aliphatic carbocycles. The summed E-state index contributed by atoms with van der Waals surface area (Å²) in [5.74, 6) is -6.44. The number of halogens is 3. The van der Waals surface area contributed by atoms with E-state index in [4.69, 9.17) is 5.11 Å².